The van der Waals surface area contributed by atoms with E-state index in [1.807, 2.05) is 17.8 Å². The summed E-state index contributed by atoms with van der Waals surface area (Å²) < 4.78 is 10.8. The highest BCUT2D eigenvalue weighted by molar-refractivity contribution is 5.90. The second-order valence-electron chi connectivity index (χ2n) is 8.12. The predicted octanol–water partition coefficient (Wildman–Crippen LogP) is 1.98. The lowest BCUT2D eigenvalue weighted by Gasteiger charge is -2.18. The van der Waals surface area contributed by atoms with Crippen molar-refractivity contribution in [1.82, 2.24) is 28.8 Å². The number of anilines is 2. The van der Waals surface area contributed by atoms with Crippen molar-refractivity contribution < 1.29 is 9.53 Å². The summed E-state index contributed by atoms with van der Waals surface area (Å²) in [6.45, 7) is 4.64. The number of hydrogen-bond donors (Lipinski definition) is 1. The van der Waals surface area contributed by atoms with E-state index in [1.54, 1.807) is 33.8 Å². The summed E-state index contributed by atoms with van der Waals surface area (Å²) in [5, 5.41) is 7.64. The van der Waals surface area contributed by atoms with Crippen molar-refractivity contribution in [2.24, 2.45) is 7.05 Å². The zero-order valence-electron chi connectivity index (χ0n) is 17.6. The van der Waals surface area contributed by atoms with Gasteiger partial charge in [0.1, 0.15) is 16.7 Å². The average molecular weight is 423 g/mol. The van der Waals surface area contributed by atoms with Gasteiger partial charge in [-0.15, -0.1) is 5.10 Å². The Hall–Kier alpha value is -3.56. The monoisotopic (exact) mass is 423 g/mol. The molecule has 0 aromatic carbocycles. The highest BCUT2D eigenvalue weighted by Gasteiger charge is 2.31. The van der Waals surface area contributed by atoms with Crippen LogP contribution >= 0.6 is 0 Å². The first kappa shape index (κ1) is 19.4. The van der Waals surface area contributed by atoms with Gasteiger partial charge in [0, 0.05) is 32.4 Å². The van der Waals surface area contributed by atoms with Gasteiger partial charge >= 0.3 is 0 Å². The Morgan fingerprint density at radius 1 is 1.23 bits per heavy atom. The van der Waals surface area contributed by atoms with Crippen molar-refractivity contribution in [3.05, 3.63) is 41.7 Å². The van der Waals surface area contributed by atoms with Crippen LogP contribution in [0.15, 0.2) is 36.2 Å². The van der Waals surface area contributed by atoms with Crippen molar-refractivity contribution >= 4 is 28.3 Å². The summed E-state index contributed by atoms with van der Waals surface area (Å²) in [6.07, 6.45) is 9.48. The van der Waals surface area contributed by atoms with Crippen molar-refractivity contribution in [2.75, 3.05) is 25.5 Å². The fourth-order valence-corrected chi connectivity index (χ4v) is 4.29. The Bertz CT molecular complexity index is 1230. The van der Waals surface area contributed by atoms with Crippen LogP contribution in [-0.2, 0) is 11.8 Å². The molecule has 0 spiro atoms. The van der Waals surface area contributed by atoms with E-state index >= 15 is 0 Å². The molecule has 3 aromatic heterocycles. The Kier molecular flexibility index (Phi) is 4.57. The van der Waals surface area contributed by atoms with Crippen LogP contribution in [0.25, 0.3) is 11.0 Å². The van der Waals surface area contributed by atoms with Crippen LogP contribution in [0.4, 0.5) is 11.4 Å². The Labute approximate surface area is 178 Å². The molecule has 1 unspecified atom stereocenters. The van der Waals surface area contributed by atoms with Crippen LogP contribution < -0.4 is 15.6 Å². The molecule has 1 N–H and O–H groups in total. The predicted molar refractivity (Wildman–Crippen MR) is 116 cm³/mol. The second kappa shape index (κ2) is 7.29. The number of rotatable bonds is 6. The lowest BCUT2D eigenvalue weighted by atomic mass is 10.2. The summed E-state index contributed by atoms with van der Waals surface area (Å²) in [5.74, 6) is 0.344. The van der Waals surface area contributed by atoms with Crippen LogP contribution in [0.2, 0.25) is 0 Å². The molecule has 1 saturated carbocycles. The summed E-state index contributed by atoms with van der Waals surface area (Å²) in [4.78, 5) is 31.9. The molecule has 4 heterocycles. The second-order valence-corrected chi connectivity index (χ2v) is 8.12. The van der Waals surface area contributed by atoms with E-state index in [2.05, 4.69) is 22.0 Å². The van der Waals surface area contributed by atoms with E-state index in [0.717, 1.165) is 12.8 Å². The number of likely N-dealkylation sites (tertiary alicyclic amines) is 1. The molecule has 10 heteroatoms. The zero-order valence-corrected chi connectivity index (χ0v) is 17.6. The number of aromatic nitrogens is 5. The molecule has 3 aromatic rings. The fourth-order valence-electron chi connectivity index (χ4n) is 4.29. The van der Waals surface area contributed by atoms with Gasteiger partial charge in [0.2, 0.25) is 5.91 Å². The largest absolute Gasteiger partial charge is 0.478 e. The molecule has 5 rings (SSSR count). The number of nitrogens with one attached hydrogen (secondary N) is 1. The number of carbonyl (C=O) groups excluding carboxylic acids is 1. The molecule has 1 aliphatic heterocycles. The summed E-state index contributed by atoms with van der Waals surface area (Å²) in [7, 11) is 3.38. The van der Waals surface area contributed by atoms with E-state index in [9.17, 15) is 9.59 Å². The fraction of sp³-hybridized carbons (Fsp3) is 0.429. The topological polar surface area (TPSA) is 99.2 Å². The first-order valence-electron chi connectivity index (χ1n) is 10.4. The summed E-state index contributed by atoms with van der Waals surface area (Å²) in [6, 6.07) is 0.205. The van der Waals surface area contributed by atoms with Crippen LogP contribution in [0.1, 0.15) is 31.3 Å². The third-order valence-corrected chi connectivity index (χ3v) is 6.00. The molecule has 1 aliphatic carbocycles. The zero-order chi connectivity index (χ0) is 21.7. The maximum atomic E-state index is 13.5. The number of imidazole rings is 1. The molecule has 162 valence electrons. The molecular formula is C21H25N7O3. The highest BCUT2D eigenvalue weighted by Crippen LogP contribution is 2.38. The quantitative estimate of drug-likeness (QED) is 0.609. The van der Waals surface area contributed by atoms with Gasteiger partial charge < -0.3 is 24.1 Å². The van der Waals surface area contributed by atoms with Crippen molar-refractivity contribution in [3.63, 3.8) is 0 Å². The maximum absolute atomic E-state index is 13.5. The number of carbonyl (C=O) groups is 1. The van der Waals surface area contributed by atoms with E-state index in [4.69, 9.17) is 4.74 Å². The third-order valence-electron chi connectivity index (χ3n) is 6.00. The SMILES string of the molecule is C=CC(=O)N1CCC(n2cc(Nc3cn(C)nc3OC)c3ncn(C4CC4)c3c2=O)C1. The maximum Gasteiger partial charge on any atom is 0.277 e. The molecule has 2 fully saturated rings. The lowest BCUT2D eigenvalue weighted by Crippen LogP contribution is -2.31. The number of aryl methyl sites for hydroxylation is 1. The Balaban J connectivity index is 1.61. The standard InChI is InChI=1S/C21H25N7O3/c1-4-17(29)26-8-7-14(9-26)27-11-15(23-16-10-25(2)24-20(16)31-3)18-19(21(27)30)28(12-22-18)13-5-6-13/h4,10-14,23H,1,5-9H2,2-3H3. The minimum absolute atomic E-state index is 0.0824. The van der Waals surface area contributed by atoms with Gasteiger partial charge in [-0.1, -0.05) is 6.58 Å². The normalized spacial score (nSPS) is 18.5. The molecule has 10 nitrogen and oxygen atoms in total. The number of hydrogen-bond acceptors (Lipinski definition) is 6. The van der Waals surface area contributed by atoms with E-state index in [-0.39, 0.29) is 17.5 Å². The van der Waals surface area contributed by atoms with Crippen molar-refractivity contribution in [3.8, 4) is 5.88 Å². The molecule has 2 aliphatic rings. The number of amides is 1. The van der Waals surface area contributed by atoms with E-state index < -0.39 is 0 Å². The van der Waals surface area contributed by atoms with Gasteiger partial charge in [-0.2, -0.15) is 0 Å². The van der Waals surface area contributed by atoms with Gasteiger partial charge in [0.15, 0.2) is 0 Å². The summed E-state index contributed by atoms with van der Waals surface area (Å²) in [5.41, 5.74) is 2.52. The number of pyridine rings is 1. The molecule has 1 saturated heterocycles. The molecule has 0 bridgehead atoms. The first-order chi connectivity index (χ1) is 15.0. The number of ether oxygens (including phenoxy) is 1. The minimum atomic E-state index is -0.113. The molecule has 0 radical (unpaired) electrons. The average Bonchev–Trinajstić information content (AvgIpc) is 3.17. The Morgan fingerprint density at radius 2 is 2.03 bits per heavy atom. The number of nitrogens with zero attached hydrogens (tertiary/aromatic N) is 6. The molecule has 31 heavy (non-hydrogen) atoms. The van der Waals surface area contributed by atoms with Gasteiger partial charge in [0.05, 0.1) is 31.4 Å². The van der Waals surface area contributed by atoms with Crippen LogP contribution in [0.3, 0.4) is 0 Å². The minimum Gasteiger partial charge on any atom is -0.478 e. The van der Waals surface area contributed by atoms with Crippen LogP contribution in [0.5, 0.6) is 5.88 Å². The van der Waals surface area contributed by atoms with Gasteiger partial charge in [-0.3, -0.25) is 14.3 Å². The van der Waals surface area contributed by atoms with Crippen LogP contribution in [0, 0.1) is 0 Å². The van der Waals surface area contributed by atoms with Gasteiger partial charge in [-0.05, 0) is 25.3 Å². The third kappa shape index (κ3) is 3.28. The van der Waals surface area contributed by atoms with Crippen molar-refractivity contribution in [2.45, 2.75) is 31.3 Å². The van der Waals surface area contributed by atoms with Gasteiger partial charge in [0.25, 0.3) is 11.4 Å². The molecular weight excluding hydrogens is 398 g/mol. The van der Waals surface area contributed by atoms with Crippen LogP contribution in [-0.4, -0.2) is 54.9 Å². The number of fused-ring (bicyclic) bond motifs is 1. The number of methoxy groups -OCH3 is 1. The lowest BCUT2D eigenvalue weighted by molar-refractivity contribution is -0.125. The first-order valence-corrected chi connectivity index (χ1v) is 10.4. The van der Waals surface area contributed by atoms with Crippen molar-refractivity contribution in [1.29, 1.82) is 0 Å². The Morgan fingerprint density at radius 3 is 2.74 bits per heavy atom. The highest BCUT2D eigenvalue weighted by atomic mass is 16.5. The molecule has 1 amide bonds. The van der Waals surface area contributed by atoms with E-state index in [1.165, 1.54) is 6.08 Å². The van der Waals surface area contributed by atoms with E-state index in [0.29, 0.717) is 53.8 Å². The van der Waals surface area contributed by atoms with Gasteiger partial charge in [-0.25, -0.2) is 4.98 Å². The summed E-state index contributed by atoms with van der Waals surface area (Å²) >= 11 is 0. The molecule has 1 atom stereocenters. The smallest absolute Gasteiger partial charge is 0.277 e.